The summed E-state index contributed by atoms with van der Waals surface area (Å²) in [5.74, 6) is -0.0573. The Balaban J connectivity index is 1.68. The summed E-state index contributed by atoms with van der Waals surface area (Å²) in [4.78, 5) is 28.2. The number of piperazine rings is 1. The van der Waals surface area contributed by atoms with E-state index in [-0.39, 0.29) is 18.5 Å². The van der Waals surface area contributed by atoms with Gasteiger partial charge in [0, 0.05) is 24.5 Å². The molecule has 124 valence electrons. The molecular weight excluding hydrogens is 302 g/mol. The van der Waals surface area contributed by atoms with Crippen LogP contribution in [-0.2, 0) is 4.79 Å². The summed E-state index contributed by atoms with van der Waals surface area (Å²) >= 11 is 0. The second-order valence-electron chi connectivity index (χ2n) is 5.98. The molecule has 0 spiro atoms. The summed E-state index contributed by atoms with van der Waals surface area (Å²) in [6, 6.07) is 15.0. The minimum absolute atomic E-state index is 0.0573. The average Bonchev–Trinajstić information content (AvgIpc) is 2.58. The van der Waals surface area contributed by atoms with Crippen molar-refractivity contribution < 1.29 is 9.59 Å². The van der Waals surface area contributed by atoms with Crippen LogP contribution in [0.4, 0.5) is 16.2 Å². The van der Waals surface area contributed by atoms with Gasteiger partial charge in [0.1, 0.15) is 6.54 Å². The molecule has 0 radical (unpaired) electrons. The lowest BCUT2D eigenvalue weighted by Gasteiger charge is -2.35. The summed E-state index contributed by atoms with van der Waals surface area (Å²) in [6.45, 7) is 5.16. The molecule has 3 amide bonds. The summed E-state index contributed by atoms with van der Waals surface area (Å²) in [5.41, 5.74) is 3.92. The van der Waals surface area contributed by atoms with Crippen LogP contribution < -0.4 is 10.2 Å². The third kappa shape index (κ3) is 3.25. The number of carbonyl (C=O) groups excluding carboxylic acids is 2. The highest BCUT2D eigenvalue weighted by atomic mass is 16.2. The number of para-hydroxylation sites is 1. The maximum atomic E-state index is 12.5. The van der Waals surface area contributed by atoms with Crippen LogP contribution in [0.5, 0.6) is 0 Å². The molecule has 1 heterocycles. The first-order chi connectivity index (χ1) is 11.6. The molecule has 0 unspecified atom stereocenters. The molecule has 5 heteroatoms. The van der Waals surface area contributed by atoms with Crippen LogP contribution >= 0.6 is 0 Å². The van der Waals surface area contributed by atoms with Gasteiger partial charge in [0.05, 0.1) is 0 Å². The fourth-order valence-electron chi connectivity index (χ4n) is 2.85. The molecule has 3 rings (SSSR count). The number of amides is 3. The van der Waals surface area contributed by atoms with Crippen LogP contribution in [0.25, 0.3) is 0 Å². The van der Waals surface area contributed by atoms with Crippen LogP contribution in [0, 0.1) is 13.8 Å². The van der Waals surface area contributed by atoms with E-state index in [2.05, 4.69) is 5.32 Å². The van der Waals surface area contributed by atoms with Crippen LogP contribution in [0.1, 0.15) is 11.1 Å². The van der Waals surface area contributed by atoms with E-state index in [4.69, 9.17) is 0 Å². The lowest BCUT2D eigenvalue weighted by Crippen LogP contribution is -2.53. The van der Waals surface area contributed by atoms with Crippen molar-refractivity contribution in [3.05, 3.63) is 59.7 Å². The first kappa shape index (κ1) is 16.1. The SMILES string of the molecule is Cc1cccc(N2CCN(C(=O)Nc3ccccc3)CC2=O)c1C. The van der Waals surface area contributed by atoms with Gasteiger partial charge in [-0.25, -0.2) is 4.79 Å². The average molecular weight is 323 g/mol. The van der Waals surface area contributed by atoms with Crippen molar-refractivity contribution in [1.82, 2.24) is 4.90 Å². The van der Waals surface area contributed by atoms with Gasteiger partial charge in [0.2, 0.25) is 5.91 Å². The van der Waals surface area contributed by atoms with Crippen LogP contribution in [-0.4, -0.2) is 36.5 Å². The molecule has 0 bridgehead atoms. The van der Waals surface area contributed by atoms with E-state index in [0.717, 1.165) is 22.5 Å². The van der Waals surface area contributed by atoms with Crippen molar-refractivity contribution in [2.45, 2.75) is 13.8 Å². The van der Waals surface area contributed by atoms with Crippen molar-refractivity contribution >= 4 is 23.3 Å². The van der Waals surface area contributed by atoms with Gasteiger partial charge in [-0.05, 0) is 43.2 Å². The Bertz CT molecular complexity index is 758. The minimum Gasteiger partial charge on any atom is -0.313 e. The van der Waals surface area contributed by atoms with Crippen molar-refractivity contribution in [2.75, 3.05) is 29.9 Å². The molecule has 1 saturated heterocycles. The number of nitrogens with one attached hydrogen (secondary N) is 1. The molecule has 24 heavy (non-hydrogen) atoms. The van der Waals surface area contributed by atoms with Crippen molar-refractivity contribution in [2.24, 2.45) is 0 Å². The molecule has 0 saturated carbocycles. The Kier molecular flexibility index (Phi) is 4.51. The quantitative estimate of drug-likeness (QED) is 0.923. The smallest absolute Gasteiger partial charge is 0.313 e. The van der Waals surface area contributed by atoms with E-state index in [1.807, 2.05) is 62.4 Å². The molecule has 5 nitrogen and oxygen atoms in total. The molecule has 2 aromatic carbocycles. The van der Waals surface area contributed by atoms with E-state index in [9.17, 15) is 9.59 Å². The fourth-order valence-corrected chi connectivity index (χ4v) is 2.85. The molecule has 0 aromatic heterocycles. The van der Waals surface area contributed by atoms with E-state index < -0.39 is 0 Å². The third-order valence-corrected chi connectivity index (χ3v) is 4.40. The predicted molar refractivity (Wildman–Crippen MR) is 95.3 cm³/mol. The molecule has 0 atom stereocenters. The maximum absolute atomic E-state index is 12.5. The van der Waals surface area contributed by atoms with Gasteiger partial charge in [0.25, 0.3) is 0 Å². The topological polar surface area (TPSA) is 52.6 Å². The number of aryl methyl sites for hydroxylation is 1. The Morgan fingerprint density at radius 2 is 1.75 bits per heavy atom. The summed E-state index contributed by atoms with van der Waals surface area (Å²) in [5, 5.41) is 2.82. The van der Waals surface area contributed by atoms with Crippen LogP contribution in [0.2, 0.25) is 0 Å². The van der Waals surface area contributed by atoms with Gasteiger partial charge in [-0.3, -0.25) is 4.79 Å². The second kappa shape index (κ2) is 6.74. The first-order valence-corrected chi connectivity index (χ1v) is 8.04. The predicted octanol–water partition coefficient (Wildman–Crippen LogP) is 3.18. The Labute approximate surface area is 141 Å². The summed E-state index contributed by atoms with van der Waals surface area (Å²) in [7, 11) is 0. The zero-order chi connectivity index (χ0) is 17.1. The molecule has 2 aromatic rings. The minimum atomic E-state index is -0.241. The molecule has 1 aliphatic rings. The monoisotopic (exact) mass is 323 g/mol. The van der Waals surface area contributed by atoms with E-state index in [1.165, 1.54) is 0 Å². The Hall–Kier alpha value is -2.82. The van der Waals surface area contributed by atoms with E-state index in [0.29, 0.717) is 13.1 Å². The zero-order valence-electron chi connectivity index (χ0n) is 14.0. The van der Waals surface area contributed by atoms with Crippen LogP contribution in [0.15, 0.2) is 48.5 Å². The van der Waals surface area contributed by atoms with Crippen molar-refractivity contribution in [1.29, 1.82) is 0 Å². The lowest BCUT2D eigenvalue weighted by molar-refractivity contribution is -0.120. The number of hydrogen-bond donors (Lipinski definition) is 1. The largest absolute Gasteiger partial charge is 0.322 e. The number of rotatable bonds is 2. The number of nitrogens with zero attached hydrogens (tertiary/aromatic N) is 2. The fraction of sp³-hybridized carbons (Fsp3) is 0.263. The summed E-state index contributed by atoms with van der Waals surface area (Å²) in [6.07, 6.45) is 0. The van der Waals surface area contributed by atoms with Crippen LogP contribution in [0.3, 0.4) is 0 Å². The van der Waals surface area contributed by atoms with Crippen molar-refractivity contribution in [3.8, 4) is 0 Å². The number of benzene rings is 2. The first-order valence-electron chi connectivity index (χ1n) is 8.04. The molecule has 0 aliphatic carbocycles. The van der Waals surface area contributed by atoms with Gasteiger partial charge in [0.15, 0.2) is 0 Å². The Morgan fingerprint density at radius 1 is 1.00 bits per heavy atom. The highest BCUT2D eigenvalue weighted by molar-refractivity contribution is 6.00. The third-order valence-electron chi connectivity index (χ3n) is 4.40. The normalized spacial score (nSPS) is 14.7. The second-order valence-corrected chi connectivity index (χ2v) is 5.98. The zero-order valence-corrected chi connectivity index (χ0v) is 14.0. The number of urea groups is 1. The van der Waals surface area contributed by atoms with Gasteiger partial charge in [-0.2, -0.15) is 0 Å². The lowest BCUT2D eigenvalue weighted by atomic mass is 10.1. The van der Waals surface area contributed by atoms with Gasteiger partial charge < -0.3 is 15.1 Å². The van der Waals surface area contributed by atoms with E-state index >= 15 is 0 Å². The molecule has 1 fully saturated rings. The summed E-state index contributed by atoms with van der Waals surface area (Å²) < 4.78 is 0. The number of carbonyl (C=O) groups is 2. The molecule has 1 aliphatic heterocycles. The van der Waals surface area contributed by atoms with Gasteiger partial charge >= 0.3 is 6.03 Å². The van der Waals surface area contributed by atoms with Crippen molar-refractivity contribution in [3.63, 3.8) is 0 Å². The number of anilines is 2. The molecule has 1 N–H and O–H groups in total. The molecular formula is C19H21N3O2. The highest BCUT2D eigenvalue weighted by Gasteiger charge is 2.28. The number of hydrogen-bond acceptors (Lipinski definition) is 2. The standard InChI is InChI=1S/C19H21N3O2/c1-14-7-6-10-17(15(14)2)22-12-11-21(13-18(22)23)19(24)20-16-8-4-3-5-9-16/h3-10H,11-13H2,1-2H3,(H,20,24). The van der Waals surface area contributed by atoms with E-state index in [1.54, 1.807) is 9.80 Å². The maximum Gasteiger partial charge on any atom is 0.322 e. The van der Waals surface area contributed by atoms with Gasteiger partial charge in [-0.15, -0.1) is 0 Å². The Morgan fingerprint density at radius 3 is 2.46 bits per heavy atom. The van der Waals surface area contributed by atoms with Gasteiger partial charge in [-0.1, -0.05) is 30.3 Å². The highest BCUT2D eigenvalue weighted by Crippen LogP contribution is 2.24.